The lowest BCUT2D eigenvalue weighted by molar-refractivity contribution is 0.434. The van der Waals surface area contributed by atoms with Crippen molar-refractivity contribution in [1.82, 2.24) is 29.1 Å². The molecule has 11 heteroatoms. The van der Waals surface area contributed by atoms with Crippen LogP contribution in [-0.4, -0.2) is 29.1 Å². The summed E-state index contributed by atoms with van der Waals surface area (Å²) in [7, 11) is 1.61. The van der Waals surface area contributed by atoms with Crippen molar-refractivity contribution in [2.24, 2.45) is 7.05 Å². The van der Waals surface area contributed by atoms with Crippen molar-refractivity contribution >= 4 is 28.5 Å². The second-order valence-electron chi connectivity index (χ2n) is 6.25. The molecule has 4 aromatic rings. The Balaban J connectivity index is 1.55. The maximum absolute atomic E-state index is 12.6. The van der Waals surface area contributed by atoms with Crippen molar-refractivity contribution in [2.75, 3.05) is 5.73 Å². The molecule has 3 heterocycles. The molecule has 1 aromatic carbocycles. The number of hydrogen-bond acceptors (Lipinski definition) is 7. The standard InChI is InChI=1S/C17H16ClN7O3/c1-23-14-13(15(19)22-23)20-9-24(16(14)26)8-12-21-25(17(27)28-12)7-6-10-2-4-11(18)5-3-10/h2-5,9H,6-8H2,1H3,(H2,19,22). The summed E-state index contributed by atoms with van der Waals surface area (Å²) in [5, 5.41) is 8.81. The van der Waals surface area contributed by atoms with Gasteiger partial charge in [0.05, 0.1) is 12.9 Å². The van der Waals surface area contributed by atoms with E-state index in [9.17, 15) is 9.59 Å². The van der Waals surface area contributed by atoms with E-state index in [0.29, 0.717) is 23.5 Å². The van der Waals surface area contributed by atoms with E-state index in [2.05, 4.69) is 15.2 Å². The van der Waals surface area contributed by atoms with Gasteiger partial charge in [-0.25, -0.2) is 9.78 Å². The van der Waals surface area contributed by atoms with E-state index >= 15 is 0 Å². The molecule has 0 radical (unpaired) electrons. The van der Waals surface area contributed by atoms with Gasteiger partial charge in [-0.05, 0) is 24.1 Å². The first kappa shape index (κ1) is 18.0. The van der Waals surface area contributed by atoms with Gasteiger partial charge < -0.3 is 10.2 Å². The van der Waals surface area contributed by atoms with Crippen LogP contribution in [0, 0.1) is 0 Å². The number of nitrogens with zero attached hydrogens (tertiary/aromatic N) is 6. The number of nitrogens with two attached hydrogens (primary N) is 1. The maximum Gasteiger partial charge on any atom is 0.437 e. The quantitative estimate of drug-likeness (QED) is 0.524. The number of fused-ring (bicyclic) bond motifs is 1. The van der Waals surface area contributed by atoms with Gasteiger partial charge in [0.2, 0.25) is 5.89 Å². The second-order valence-corrected chi connectivity index (χ2v) is 6.68. The molecule has 0 aliphatic heterocycles. The molecule has 0 fully saturated rings. The fourth-order valence-corrected chi connectivity index (χ4v) is 3.04. The molecule has 28 heavy (non-hydrogen) atoms. The first-order chi connectivity index (χ1) is 13.4. The number of anilines is 1. The minimum absolute atomic E-state index is 0.0317. The molecule has 4 rings (SSSR count). The molecule has 144 valence electrons. The highest BCUT2D eigenvalue weighted by atomic mass is 35.5. The van der Waals surface area contributed by atoms with Crippen molar-refractivity contribution in [3.05, 3.63) is 68.0 Å². The Labute approximate surface area is 162 Å². The van der Waals surface area contributed by atoms with Crippen LogP contribution in [0.2, 0.25) is 5.02 Å². The summed E-state index contributed by atoms with van der Waals surface area (Å²) < 4.78 is 9.06. The smallest absolute Gasteiger partial charge is 0.390 e. The van der Waals surface area contributed by atoms with Gasteiger partial charge in [0.1, 0.15) is 12.1 Å². The first-order valence-corrected chi connectivity index (χ1v) is 8.79. The highest BCUT2D eigenvalue weighted by Crippen LogP contribution is 2.13. The van der Waals surface area contributed by atoms with E-state index in [-0.39, 0.29) is 29.3 Å². The number of aromatic nitrogens is 6. The van der Waals surface area contributed by atoms with Crippen LogP contribution in [0.4, 0.5) is 5.82 Å². The van der Waals surface area contributed by atoms with Gasteiger partial charge in [0, 0.05) is 12.1 Å². The molecule has 2 N–H and O–H groups in total. The Bertz CT molecular complexity index is 1270. The van der Waals surface area contributed by atoms with E-state index in [1.54, 1.807) is 19.2 Å². The van der Waals surface area contributed by atoms with Crippen molar-refractivity contribution in [1.29, 1.82) is 0 Å². The van der Waals surface area contributed by atoms with Crippen LogP contribution < -0.4 is 17.0 Å². The molecule has 0 spiro atoms. The van der Waals surface area contributed by atoms with Gasteiger partial charge in [-0.1, -0.05) is 23.7 Å². The van der Waals surface area contributed by atoms with Crippen molar-refractivity contribution in [3.63, 3.8) is 0 Å². The van der Waals surface area contributed by atoms with Crippen molar-refractivity contribution in [3.8, 4) is 0 Å². The zero-order valence-corrected chi connectivity index (χ0v) is 15.6. The maximum atomic E-state index is 12.6. The van der Waals surface area contributed by atoms with Gasteiger partial charge >= 0.3 is 5.76 Å². The second kappa shape index (κ2) is 6.97. The summed E-state index contributed by atoms with van der Waals surface area (Å²) in [5.74, 6) is -0.296. The molecule has 0 aliphatic rings. The number of aryl methyl sites for hydroxylation is 3. The molecular weight excluding hydrogens is 386 g/mol. The summed E-state index contributed by atoms with van der Waals surface area (Å²) in [4.78, 5) is 28.8. The Morgan fingerprint density at radius 3 is 2.68 bits per heavy atom. The summed E-state index contributed by atoms with van der Waals surface area (Å²) in [5.41, 5.74) is 7.00. The van der Waals surface area contributed by atoms with E-state index in [4.69, 9.17) is 21.8 Å². The molecule has 3 aromatic heterocycles. The van der Waals surface area contributed by atoms with Gasteiger partial charge in [-0.15, -0.1) is 5.10 Å². The molecule has 10 nitrogen and oxygen atoms in total. The third-order valence-corrected chi connectivity index (χ3v) is 4.57. The average Bonchev–Trinajstić information content (AvgIpc) is 3.16. The number of benzene rings is 1. The van der Waals surface area contributed by atoms with Crippen molar-refractivity contribution in [2.45, 2.75) is 19.5 Å². The fourth-order valence-electron chi connectivity index (χ4n) is 2.92. The fraction of sp³-hybridized carbons (Fsp3) is 0.235. The van der Waals surface area contributed by atoms with Crippen LogP contribution in [0.5, 0.6) is 0 Å². The third-order valence-electron chi connectivity index (χ3n) is 4.32. The molecule has 0 unspecified atom stereocenters. The van der Waals surface area contributed by atoms with E-state index in [0.717, 1.165) is 5.56 Å². The molecule has 0 aliphatic carbocycles. The van der Waals surface area contributed by atoms with E-state index < -0.39 is 5.76 Å². The Morgan fingerprint density at radius 2 is 1.93 bits per heavy atom. The summed E-state index contributed by atoms with van der Waals surface area (Å²) >= 11 is 5.87. The molecule has 0 bridgehead atoms. The largest absolute Gasteiger partial charge is 0.437 e. The third kappa shape index (κ3) is 3.29. The highest BCUT2D eigenvalue weighted by molar-refractivity contribution is 6.30. The van der Waals surface area contributed by atoms with Gasteiger partial charge in [0.15, 0.2) is 11.3 Å². The zero-order valence-electron chi connectivity index (χ0n) is 14.9. The van der Waals surface area contributed by atoms with E-state index in [1.165, 1.54) is 20.3 Å². The molecular formula is C17H16ClN7O3. The zero-order chi connectivity index (χ0) is 19.8. The van der Waals surface area contributed by atoms with Gasteiger partial charge in [-0.2, -0.15) is 9.78 Å². The molecule has 0 saturated carbocycles. The molecule has 0 atom stereocenters. The number of hydrogen-bond donors (Lipinski definition) is 1. The van der Waals surface area contributed by atoms with E-state index in [1.807, 2.05) is 12.1 Å². The average molecular weight is 402 g/mol. The highest BCUT2D eigenvalue weighted by Gasteiger charge is 2.15. The van der Waals surface area contributed by atoms with Crippen LogP contribution in [0.25, 0.3) is 11.0 Å². The summed E-state index contributed by atoms with van der Waals surface area (Å²) in [6.07, 6.45) is 1.92. The summed E-state index contributed by atoms with van der Waals surface area (Å²) in [6.45, 7) is 0.310. The van der Waals surface area contributed by atoms with Gasteiger partial charge in [0.25, 0.3) is 5.56 Å². The Kier molecular flexibility index (Phi) is 4.47. The first-order valence-electron chi connectivity index (χ1n) is 8.41. The van der Waals surface area contributed by atoms with Crippen LogP contribution >= 0.6 is 11.6 Å². The molecule has 0 saturated heterocycles. The normalized spacial score (nSPS) is 11.4. The van der Waals surface area contributed by atoms with Gasteiger partial charge in [-0.3, -0.25) is 14.0 Å². The number of halogens is 1. The Morgan fingerprint density at radius 1 is 1.18 bits per heavy atom. The lowest BCUT2D eigenvalue weighted by atomic mass is 10.1. The monoisotopic (exact) mass is 401 g/mol. The summed E-state index contributed by atoms with van der Waals surface area (Å²) in [6, 6.07) is 7.34. The van der Waals surface area contributed by atoms with Crippen LogP contribution in [-0.2, 0) is 26.6 Å². The Hall–Kier alpha value is -3.40. The predicted molar refractivity (Wildman–Crippen MR) is 102 cm³/mol. The lowest BCUT2D eigenvalue weighted by Crippen LogP contribution is -2.23. The number of rotatable bonds is 5. The van der Waals surface area contributed by atoms with Crippen LogP contribution in [0.1, 0.15) is 11.5 Å². The lowest BCUT2D eigenvalue weighted by Gasteiger charge is -2.02. The topological polar surface area (TPSA) is 127 Å². The number of nitrogen functional groups attached to an aromatic ring is 1. The minimum Gasteiger partial charge on any atom is -0.390 e. The molecule has 0 amide bonds. The SMILES string of the molecule is Cn1nc(N)c2ncn(Cc3nn(CCc4ccc(Cl)cc4)c(=O)o3)c(=O)c21. The predicted octanol–water partition coefficient (Wildman–Crippen LogP) is 0.806. The van der Waals surface area contributed by atoms with Crippen LogP contribution in [0.15, 0.2) is 44.6 Å². The van der Waals surface area contributed by atoms with Crippen LogP contribution in [0.3, 0.4) is 0 Å². The minimum atomic E-state index is -0.587. The van der Waals surface area contributed by atoms with Crippen molar-refractivity contribution < 1.29 is 4.42 Å².